The fraction of sp³-hybridized carbons (Fsp3) is 0.714. The molecule has 1 unspecified atom stereocenters. The Kier molecular flexibility index (Phi) is 1.93. The van der Waals surface area contributed by atoms with Crippen LogP contribution in [-0.2, 0) is 15.1 Å². The van der Waals surface area contributed by atoms with Crippen LogP contribution in [0, 0.1) is 0 Å². The van der Waals surface area contributed by atoms with Crippen LogP contribution < -0.4 is 5.73 Å². The van der Waals surface area contributed by atoms with Crippen LogP contribution in [0.15, 0.2) is 0 Å². The molecule has 2 heterocycles. The first kappa shape index (κ1) is 8.46. The smallest absolute Gasteiger partial charge is 0.239 e. The summed E-state index contributed by atoms with van der Waals surface area (Å²) in [5.41, 5.74) is 4.93. The standard InChI is InChI=1S/C7H12N4O2/c1-12-7(2-3-13-4-7)5-9-6(8)11-10-5/h2-4H2,1H3,(H3,8,9,10,11). The van der Waals surface area contributed by atoms with Crippen molar-refractivity contribution in [2.45, 2.75) is 12.0 Å². The Labute approximate surface area is 75.4 Å². The molecule has 0 aromatic carbocycles. The van der Waals surface area contributed by atoms with E-state index in [1.165, 1.54) is 0 Å². The van der Waals surface area contributed by atoms with Gasteiger partial charge in [0.15, 0.2) is 11.4 Å². The van der Waals surface area contributed by atoms with Crippen LogP contribution in [0.3, 0.4) is 0 Å². The van der Waals surface area contributed by atoms with Crippen molar-refractivity contribution in [3.63, 3.8) is 0 Å². The third kappa shape index (κ3) is 1.27. The number of methoxy groups -OCH3 is 1. The maximum Gasteiger partial charge on any atom is 0.239 e. The van der Waals surface area contributed by atoms with E-state index < -0.39 is 5.60 Å². The Morgan fingerprint density at radius 1 is 1.69 bits per heavy atom. The molecular weight excluding hydrogens is 172 g/mol. The van der Waals surface area contributed by atoms with Gasteiger partial charge in [-0.15, -0.1) is 5.10 Å². The monoisotopic (exact) mass is 184 g/mol. The number of nitrogens with one attached hydrogen (secondary N) is 1. The summed E-state index contributed by atoms with van der Waals surface area (Å²) in [6.45, 7) is 1.17. The van der Waals surface area contributed by atoms with Gasteiger partial charge in [0.2, 0.25) is 5.95 Å². The number of hydrogen-bond acceptors (Lipinski definition) is 5. The van der Waals surface area contributed by atoms with Crippen LogP contribution >= 0.6 is 0 Å². The summed E-state index contributed by atoms with van der Waals surface area (Å²) in [6, 6.07) is 0. The third-order valence-electron chi connectivity index (χ3n) is 2.31. The fourth-order valence-electron chi connectivity index (χ4n) is 1.47. The molecule has 6 nitrogen and oxygen atoms in total. The van der Waals surface area contributed by atoms with Gasteiger partial charge in [-0.25, -0.2) is 0 Å². The zero-order valence-corrected chi connectivity index (χ0v) is 7.41. The number of H-pyrrole nitrogens is 1. The van der Waals surface area contributed by atoms with Gasteiger partial charge >= 0.3 is 0 Å². The molecule has 0 radical (unpaired) electrons. The summed E-state index contributed by atoms with van der Waals surface area (Å²) in [6.07, 6.45) is 0.776. The van der Waals surface area contributed by atoms with Crippen molar-refractivity contribution in [1.82, 2.24) is 15.2 Å². The van der Waals surface area contributed by atoms with Crippen molar-refractivity contribution in [3.8, 4) is 0 Å². The molecule has 72 valence electrons. The maximum absolute atomic E-state index is 5.41. The molecule has 0 amide bonds. The van der Waals surface area contributed by atoms with Crippen molar-refractivity contribution in [3.05, 3.63) is 5.82 Å². The number of hydrogen-bond donors (Lipinski definition) is 2. The van der Waals surface area contributed by atoms with Crippen molar-refractivity contribution < 1.29 is 9.47 Å². The quantitative estimate of drug-likeness (QED) is 0.656. The summed E-state index contributed by atoms with van der Waals surface area (Å²) in [4.78, 5) is 4.04. The predicted molar refractivity (Wildman–Crippen MR) is 44.9 cm³/mol. The van der Waals surface area contributed by atoms with E-state index in [9.17, 15) is 0 Å². The van der Waals surface area contributed by atoms with Gasteiger partial charge in [0, 0.05) is 13.5 Å². The lowest BCUT2D eigenvalue weighted by Gasteiger charge is -2.21. The van der Waals surface area contributed by atoms with E-state index in [2.05, 4.69) is 15.2 Å². The molecule has 1 atom stereocenters. The topological polar surface area (TPSA) is 86.0 Å². The molecule has 1 fully saturated rings. The van der Waals surface area contributed by atoms with Gasteiger partial charge in [0.1, 0.15) is 0 Å². The van der Waals surface area contributed by atoms with Gasteiger partial charge in [-0.05, 0) is 0 Å². The van der Waals surface area contributed by atoms with E-state index >= 15 is 0 Å². The molecule has 1 aliphatic rings. The average molecular weight is 184 g/mol. The Morgan fingerprint density at radius 3 is 3.00 bits per heavy atom. The predicted octanol–water partition coefficient (Wildman–Crippen LogP) is -0.351. The van der Waals surface area contributed by atoms with Crippen LogP contribution in [0.1, 0.15) is 12.2 Å². The lowest BCUT2D eigenvalue weighted by Crippen LogP contribution is -2.30. The molecule has 0 saturated carbocycles. The Bertz CT molecular complexity index is 292. The molecule has 0 spiro atoms. The van der Waals surface area contributed by atoms with Gasteiger partial charge in [0.05, 0.1) is 13.2 Å². The molecule has 1 aromatic rings. The van der Waals surface area contributed by atoms with Gasteiger partial charge in [-0.2, -0.15) is 4.98 Å². The van der Waals surface area contributed by atoms with Gasteiger partial charge in [-0.3, -0.25) is 5.10 Å². The number of rotatable bonds is 2. The minimum absolute atomic E-state index is 0.235. The largest absolute Gasteiger partial charge is 0.378 e. The first-order chi connectivity index (χ1) is 6.27. The Morgan fingerprint density at radius 2 is 2.54 bits per heavy atom. The van der Waals surface area contributed by atoms with Crippen LogP contribution in [0.2, 0.25) is 0 Å². The van der Waals surface area contributed by atoms with E-state index in [0.717, 1.165) is 6.42 Å². The highest BCUT2D eigenvalue weighted by Gasteiger charge is 2.40. The molecule has 1 aromatic heterocycles. The summed E-state index contributed by atoms with van der Waals surface area (Å²) in [7, 11) is 1.63. The van der Waals surface area contributed by atoms with E-state index in [4.69, 9.17) is 15.2 Å². The second-order valence-electron chi connectivity index (χ2n) is 3.04. The molecule has 13 heavy (non-hydrogen) atoms. The highest BCUT2D eigenvalue weighted by atomic mass is 16.5. The molecule has 1 aliphatic heterocycles. The van der Waals surface area contributed by atoms with E-state index in [0.29, 0.717) is 19.0 Å². The Balaban J connectivity index is 2.30. The SMILES string of the molecule is COC1(c2nc(N)n[nH]2)CCOC1. The number of nitrogen functional groups attached to an aromatic ring is 1. The number of anilines is 1. The molecular formula is C7H12N4O2. The summed E-state index contributed by atoms with van der Waals surface area (Å²) in [5, 5.41) is 6.51. The van der Waals surface area contributed by atoms with E-state index in [1.54, 1.807) is 7.11 Å². The maximum atomic E-state index is 5.41. The first-order valence-electron chi connectivity index (χ1n) is 4.08. The van der Waals surface area contributed by atoms with Crippen LogP contribution in [0.25, 0.3) is 0 Å². The van der Waals surface area contributed by atoms with E-state index in [-0.39, 0.29) is 5.95 Å². The Hall–Kier alpha value is -1.14. The van der Waals surface area contributed by atoms with Crippen LogP contribution in [0.4, 0.5) is 5.95 Å². The van der Waals surface area contributed by atoms with Gasteiger partial charge in [-0.1, -0.05) is 0 Å². The molecule has 3 N–H and O–H groups in total. The summed E-state index contributed by atoms with van der Waals surface area (Å²) < 4.78 is 10.6. The highest BCUT2D eigenvalue weighted by Crippen LogP contribution is 2.31. The lowest BCUT2D eigenvalue weighted by molar-refractivity contribution is -0.0278. The van der Waals surface area contributed by atoms with Gasteiger partial charge < -0.3 is 15.2 Å². The lowest BCUT2D eigenvalue weighted by atomic mass is 10.0. The number of nitrogens with two attached hydrogens (primary N) is 1. The number of aromatic nitrogens is 3. The molecule has 0 aliphatic carbocycles. The number of ether oxygens (including phenoxy) is 2. The second kappa shape index (κ2) is 2.97. The van der Waals surface area contributed by atoms with Crippen molar-refractivity contribution >= 4 is 5.95 Å². The van der Waals surface area contributed by atoms with Crippen LogP contribution in [0.5, 0.6) is 0 Å². The highest BCUT2D eigenvalue weighted by molar-refractivity contribution is 5.17. The average Bonchev–Trinajstić information content (AvgIpc) is 2.73. The summed E-state index contributed by atoms with van der Waals surface area (Å²) in [5.74, 6) is 0.878. The zero-order valence-electron chi connectivity index (χ0n) is 7.41. The third-order valence-corrected chi connectivity index (χ3v) is 2.31. The minimum atomic E-state index is -0.482. The summed E-state index contributed by atoms with van der Waals surface area (Å²) >= 11 is 0. The number of nitrogens with zero attached hydrogens (tertiary/aromatic N) is 2. The molecule has 6 heteroatoms. The van der Waals surface area contributed by atoms with E-state index in [1.807, 2.05) is 0 Å². The second-order valence-corrected chi connectivity index (χ2v) is 3.04. The minimum Gasteiger partial charge on any atom is -0.378 e. The van der Waals surface area contributed by atoms with Crippen molar-refractivity contribution in [2.75, 3.05) is 26.1 Å². The molecule has 1 saturated heterocycles. The first-order valence-corrected chi connectivity index (χ1v) is 4.08. The molecule has 0 bridgehead atoms. The zero-order chi connectivity index (χ0) is 9.31. The molecule has 2 rings (SSSR count). The van der Waals surface area contributed by atoms with Crippen molar-refractivity contribution in [2.24, 2.45) is 0 Å². The van der Waals surface area contributed by atoms with Crippen molar-refractivity contribution in [1.29, 1.82) is 0 Å². The normalized spacial score (nSPS) is 28.1. The fourth-order valence-corrected chi connectivity index (χ4v) is 1.47. The van der Waals surface area contributed by atoms with Gasteiger partial charge in [0.25, 0.3) is 0 Å². The number of aromatic amines is 1. The van der Waals surface area contributed by atoms with Crippen LogP contribution in [-0.4, -0.2) is 35.5 Å².